The van der Waals surface area contributed by atoms with Crippen LogP contribution < -0.4 is 0 Å². The van der Waals surface area contributed by atoms with Crippen molar-refractivity contribution < 1.29 is 5.11 Å². The Hall–Kier alpha value is -1.61. The number of rotatable bonds is 3. The Kier molecular flexibility index (Phi) is 2.79. The lowest BCUT2D eigenvalue weighted by Gasteiger charge is -2.23. The summed E-state index contributed by atoms with van der Waals surface area (Å²) in [7, 11) is 1.88. The third-order valence-corrected chi connectivity index (χ3v) is 2.70. The van der Waals surface area contributed by atoms with Gasteiger partial charge in [-0.25, -0.2) is 0 Å². The van der Waals surface area contributed by atoms with Gasteiger partial charge in [-0.1, -0.05) is 30.3 Å². The van der Waals surface area contributed by atoms with Gasteiger partial charge in [-0.05, 0) is 18.1 Å². The first-order valence-electron chi connectivity index (χ1n) is 5.33. The average molecular weight is 216 g/mol. The summed E-state index contributed by atoms with van der Waals surface area (Å²) in [4.78, 5) is 0. The van der Waals surface area contributed by atoms with Gasteiger partial charge in [-0.2, -0.15) is 5.10 Å². The average Bonchev–Trinajstić information content (AvgIpc) is 2.64. The highest BCUT2D eigenvalue weighted by molar-refractivity contribution is 5.24. The fraction of sp³-hybridized carbons (Fsp3) is 0.308. The molecule has 0 radical (unpaired) electrons. The number of nitrogens with zero attached hydrogens (tertiary/aromatic N) is 2. The first kappa shape index (κ1) is 10.9. The van der Waals surface area contributed by atoms with Crippen LogP contribution in [0, 0.1) is 0 Å². The molecule has 1 heterocycles. The minimum atomic E-state index is -0.843. The summed E-state index contributed by atoms with van der Waals surface area (Å²) in [6, 6.07) is 9.70. The van der Waals surface area contributed by atoms with Crippen LogP contribution in [0.15, 0.2) is 42.7 Å². The second-order valence-corrected chi connectivity index (χ2v) is 4.34. The van der Waals surface area contributed by atoms with E-state index in [-0.39, 0.29) is 0 Å². The molecule has 0 aliphatic rings. The maximum absolute atomic E-state index is 10.4. The maximum atomic E-state index is 10.4. The number of benzene rings is 1. The highest BCUT2D eigenvalue weighted by Gasteiger charge is 2.23. The topological polar surface area (TPSA) is 38.0 Å². The molecule has 0 spiro atoms. The van der Waals surface area contributed by atoms with Gasteiger partial charge in [0.2, 0.25) is 0 Å². The zero-order valence-corrected chi connectivity index (χ0v) is 9.59. The number of aromatic nitrogens is 2. The van der Waals surface area contributed by atoms with Crippen LogP contribution in [-0.2, 0) is 19.1 Å². The van der Waals surface area contributed by atoms with E-state index in [1.54, 1.807) is 10.9 Å². The molecule has 2 aromatic rings. The smallest absolute Gasteiger partial charge is 0.0909 e. The summed E-state index contributed by atoms with van der Waals surface area (Å²) < 4.78 is 1.75. The predicted octanol–water partition coefficient (Wildman–Crippen LogP) is 1.87. The Morgan fingerprint density at radius 3 is 2.56 bits per heavy atom. The van der Waals surface area contributed by atoms with Gasteiger partial charge in [-0.15, -0.1) is 0 Å². The number of hydrogen-bond acceptors (Lipinski definition) is 2. The van der Waals surface area contributed by atoms with Gasteiger partial charge in [0.15, 0.2) is 0 Å². The standard InChI is InChI=1S/C13H16N2O/c1-13(16,12-6-4-3-5-7-12)8-11-9-14-15(2)10-11/h3-7,9-10,16H,8H2,1-2H3. The fourth-order valence-electron chi connectivity index (χ4n) is 1.86. The highest BCUT2D eigenvalue weighted by Crippen LogP contribution is 2.24. The molecule has 0 saturated carbocycles. The molecule has 1 atom stereocenters. The van der Waals surface area contributed by atoms with Crippen LogP contribution in [0.3, 0.4) is 0 Å². The molecule has 1 N–H and O–H groups in total. The van der Waals surface area contributed by atoms with E-state index in [2.05, 4.69) is 5.10 Å². The molecule has 1 unspecified atom stereocenters. The van der Waals surface area contributed by atoms with E-state index in [1.807, 2.05) is 50.5 Å². The van der Waals surface area contributed by atoms with Gasteiger partial charge >= 0.3 is 0 Å². The second-order valence-electron chi connectivity index (χ2n) is 4.34. The lowest BCUT2D eigenvalue weighted by atomic mass is 9.90. The molecule has 0 bridgehead atoms. The van der Waals surface area contributed by atoms with Gasteiger partial charge in [0.05, 0.1) is 11.8 Å². The number of aryl methyl sites for hydroxylation is 1. The van der Waals surface area contributed by atoms with Crippen molar-refractivity contribution in [1.29, 1.82) is 0 Å². The van der Waals surface area contributed by atoms with Crippen molar-refractivity contribution in [2.24, 2.45) is 7.05 Å². The lowest BCUT2D eigenvalue weighted by Crippen LogP contribution is -2.23. The lowest BCUT2D eigenvalue weighted by molar-refractivity contribution is 0.0576. The van der Waals surface area contributed by atoms with Gasteiger partial charge in [-0.3, -0.25) is 4.68 Å². The van der Waals surface area contributed by atoms with E-state index < -0.39 is 5.60 Å². The van der Waals surface area contributed by atoms with Crippen molar-refractivity contribution in [2.45, 2.75) is 18.9 Å². The molecule has 0 amide bonds. The van der Waals surface area contributed by atoms with Gasteiger partial charge in [0, 0.05) is 19.7 Å². The Morgan fingerprint density at radius 2 is 2.00 bits per heavy atom. The summed E-state index contributed by atoms with van der Waals surface area (Å²) >= 11 is 0. The largest absolute Gasteiger partial charge is 0.385 e. The van der Waals surface area contributed by atoms with Crippen molar-refractivity contribution in [3.05, 3.63) is 53.9 Å². The SMILES string of the molecule is Cn1cc(CC(C)(O)c2ccccc2)cn1. The molecule has 84 valence electrons. The van der Waals surface area contributed by atoms with Gasteiger partial charge < -0.3 is 5.11 Å². The molecular weight excluding hydrogens is 200 g/mol. The summed E-state index contributed by atoms with van der Waals surface area (Å²) in [5.41, 5.74) is 1.12. The number of aliphatic hydroxyl groups is 1. The Morgan fingerprint density at radius 1 is 1.31 bits per heavy atom. The molecule has 1 aromatic carbocycles. The van der Waals surface area contributed by atoms with Crippen LogP contribution in [0.5, 0.6) is 0 Å². The van der Waals surface area contributed by atoms with Crippen LogP contribution in [0.4, 0.5) is 0 Å². The molecule has 1 aromatic heterocycles. The first-order chi connectivity index (χ1) is 7.58. The van der Waals surface area contributed by atoms with Crippen molar-refractivity contribution in [3.8, 4) is 0 Å². The van der Waals surface area contributed by atoms with E-state index >= 15 is 0 Å². The fourth-order valence-corrected chi connectivity index (χ4v) is 1.86. The van der Waals surface area contributed by atoms with Crippen LogP contribution >= 0.6 is 0 Å². The molecule has 2 rings (SSSR count). The maximum Gasteiger partial charge on any atom is 0.0909 e. The summed E-state index contributed by atoms with van der Waals surface area (Å²) in [6.45, 7) is 1.83. The third-order valence-electron chi connectivity index (χ3n) is 2.70. The first-order valence-corrected chi connectivity index (χ1v) is 5.33. The normalized spacial score (nSPS) is 14.7. The second kappa shape index (κ2) is 4.10. The molecule has 0 aliphatic heterocycles. The predicted molar refractivity (Wildman–Crippen MR) is 62.9 cm³/mol. The molecular formula is C13H16N2O. The molecule has 0 saturated heterocycles. The van der Waals surface area contributed by atoms with E-state index in [4.69, 9.17) is 0 Å². The summed E-state index contributed by atoms with van der Waals surface area (Å²) in [5.74, 6) is 0. The molecule has 3 heteroatoms. The van der Waals surface area contributed by atoms with E-state index in [0.717, 1.165) is 11.1 Å². The van der Waals surface area contributed by atoms with Crippen LogP contribution in [0.2, 0.25) is 0 Å². The van der Waals surface area contributed by atoms with E-state index in [1.165, 1.54) is 0 Å². The minimum Gasteiger partial charge on any atom is -0.385 e. The van der Waals surface area contributed by atoms with Crippen LogP contribution in [0.25, 0.3) is 0 Å². The number of hydrogen-bond donors (Lipinski definition) is 1. The minimum absolute atomic E-state index is 0.574. The van der Waals surface area contributed by atoms with Crippen molar-refractivity contribution in [2.75, 3.05) is 0 Å². The zero-order chi connectivity index (χ0) is 11.6. The summed E-state index contributed by atoms with van der Waals surface area (Å²) in [6.07, 6.45) is 4.29. The summed E-state index contributed by atoms with van der Waals surface area (Å²) in [5, 5.41) is 14.5. The van der Waals surface area contributed by atoms with Crippen LogP contribution in [0.1, 0.15) is 18.1 Å². The van der Waals surface area contributed by atoms with Crippen molar-refractivity contribution >= 4 is 0 Å². The zero-order valence-electron chi connectivity index (χ0n) is 9.59. The van der Waals surface area contributed by atoms with Gasteiger partial charge in [0.1, 0.15) is 0 Å². The molecule has 0 fully saturated rings. The van der Waals surface area contributed by atoms with Crippen molar-refractivity contribution in [3.63, 3.8) is 0 Å². The van der Waals surface area contributed by atoms with Crippen molar-refractivity contribution in [1.82, 2.24) is 9.78 Å². The Bertz CT molecular complexity index is 460. The van der Waals surface area contributed by atoms with E-state index in [9.17, 15) is 5.11 Å². The highest BCUT2D eigenvalue weighted by atomic mass is 16.3. The molecule has 0 aliphatic carbocycles. The van der Waals surface area contributed by atoms with Crippen LogP contribution in [-0.4, -0.2) is 14.9 Å². The molecule has 3 nitrogen and oxygen atoms in total. The third kappa shape index (κ3) is 2.31. The quantitative estimate of drug-likeness (QED) is 0.850. The monoisotopic (exact) mass is 216 g/mol. The van der Waals surface area contributed by atoms with E-state index in [0.29, 0.717) is 6.42 Å². The Balaban J connectivity index is 2.20. The Labute approximate surface area is 95.3 Å². The molecule has 16 heavy (non-hydrogen) atoms. The van der Waals surface area contributed by atoms with Gasteiger partial charge in [0.25, 0.3) is 0 Å².